The molecule has 0 unspecified atom stereocenters. The zero-order valence-electron chi connectivity index (χ0n) is 21.5. The summed E-state index contributed by atoms with van der Waals surface area (Å²) in [6.07, 6.45) is 1.64. The monoisotopic (exact) mass is 518 g/mol. The molecule has 1 N–H and O–H groups in total. The molecule has 2 atom stereocenters. The maximum absolute atomic E-state index is 13.6. The zero-order chi connectivity index (χ0) is 27.2. The molecule has 0 aliphatic rings. The second-order valence-corrected chi connectivity index (χ2v) is 10.9. The van der Waals surface area contributed by atoms with Gasteiger partial charge in [0.1, 0.15) is 12.6 Å². The molecule has 2 aromatic rings. The van der Waals surface area contributed by atoms with E-state index in [-0.39, 0.29) is 29.9 Å². The van der Waals surface area contributed by atoms with E-state index in [9.17, 15) is 28.1 Å². The van der Waals surface area contributed by atoms with Crippen LogP contribution >= 0.6 is 0 Å². The third kappa shape index (κ3) is 7.51. The molecule has 0 spiro atoms. The summed E-state index contributed by atoms with van der Waals surface area (Å²) in [6, 6.07) is 10.3. The highest BCUT2D eigenvalue weighted by atomic mass is 32.2. The number of carbonyl (C=O) groups excluding carboxylic acids is 2. The Bertz CT molecular complexity index is 1210. The van der Waals surface area contributed by atoms with Gasteiger partial charge in [-0.2, -0.15) is 0 Å². The van der Waals surface area contributed by atoms with E-state index in [1.807, 2.05) is 45.0 Å². The predicted molar refractivity (Wildman–Crippen MR) is 139 cm³/mol. The van der Waals surface area contributed by atoms with E-state index < -0.39 is 33.4 Å². The molecular weight excluding hydrogens is 484 g/mol. The van der Waals surface area contributed by atoms with Crippen LogP contribution in [-0.4, -0.2) is 54.9 Å². The van der Waals surface area contributed by atoms with Crippen LogP contribution in [-0.2, 0) is 26.2 Å². The van der Waals surface area contributed by atoms with E-state index in [1.165, 1.54) is 17.0 Å². The summed E-state index contributed by atoms with van der Waals surface area (Å²) < 4.78 is 26.3. The maximum Gasteiger partial charge on any atom is 0.271 e. The summed E-state index contributed by atoms with van der Waals surface area (Å²) in [7, 11) is -4.00. The Hall–Kier alpha value is -3.47. The van der Waals surface area contributed by atoms with Crippen molar-refractivity contribution in [3.05, 3.63) is 69.3 Å². The number of sulfonamides is 1. The van der Waals surface area contributed by atoms with Crippen LogP contribution in [0.3, 0.4) is 0 Å². The minimum atomic E-state index is -4.00. The average Bonchev–Trinajstić information content (AvgIpc) is 2.81. The number of nitro benzene ring substituents is 1. The van der Waals surface area contributed by atoms with Crippen molar-refractivity contribution >= 4 is 33.2 Å². The Balaban J connectivity index is 2.47. The summed E-state index contributed by atoms with van der Waals surface area (Å²) in [6.45, 7) is 8.37. The number of hydrogen-bond acceptors (Lipinski definition) is 6. The standard InChI is InChI=1S/C25H34N4O6S/c1-7-19(4)26-25(31)20(5)27(15-21-11-8-17(2)9-12-21)24(30)16-28(36(6,34)35)23-14-22(29(32)33)13-10-18(23)3/h8-14,19-20H,7,15-16H2,1-6H3,(H,26,31)/t19-,20+/m1/s1. The van der Waals surface area contributed by atoms with Crippen molar-refractivity contribution in [2.24, 2.45) is 0 Å². The van der Waals surface area contributed by atoms with Gasteiger partial charge in [-0.25, -0.2) is 8.42 Å². The maximum atomic E-state index is 13.6. The van der Waals surface area contributed by atoms with E-state index in [1.54, 1.807) is 13.8 Å². The third-order valence-electron chi connectivity index (χ3n) is 5.99. The molecule has 36 heavy (non-hydrogen) atoms. The van der Waals surface area contributed by atoms with Crippen LogP contribution < -0.4 is 9.62 Å². The number of aryl methyl sites for hydroxylation is 2. The first-order valence-corrected chi connectivity index (χ1v) is 13.5. The molecular formula is C25H34N4O6S. The van der Waals surface area contributed by atoms with Gasteiger partial charge in [-0.05, 0) is 45.2 Å². The molecule has 2 rings (SSSR count). The van der Waals surface area contributed by atoms with Crippen molar-refractivity contribution in [2.45, 2.75) is 59.7 Å². The summed E-state index contributed by atoms with van der Waals surface area (Å²) in [4.78, 5) is 38.5. The highest BCUT2D eigenvalue weighted by Gasteiger charge is 2.31. The van der Waals surface area contributed by atoms with Crippen LogP contribution in [0.1, 0.15) is 43.9 Å². The van der Waals surface area contributed by atoms with E-state index in [4.69, 9.17) is 0 Å². The molecule has 11 heteroatoms. The molecule has 0 aliphatic carbocycles. The van der Waals surface area contributed by atoms with Crippen LogP contribution in [0.15, 0.2) is 42.5 Å². The van der Waals surface area contributed by atoms with Crippen molar-refractivity contribution in [3.63, 3.8) is 0 Å². The first-order valence-electron chi connectivity index (χ1n) is 11.6. The number of amides is 2. The van der Waals surface area contributed by atoms with Gasteiger partial charge < -0.3 is 10.2 Å². The quantitative estimate of drug-likeness (QED) is 0.359. The molecule has 0 aliphatic heterocycles. The van der Waals surface area contributed by atoms with Gasteiger partial charge in [0.25, 0.3) is 5.69 Å². The second kappa shape index (κ2) is 12.0. The SMILES string of the molecule is CC[C@@H](C)NC(=O)[C@H](C)N(Cc1ccc(C)cc1)C(=O)CN(c1cc([N+](=O)[O-])ccc1C)S(C)(=O)=O. The molecule has 10 nitrogen and oxygen atoms in total. The van der Waals surface area contributed by atoms with E-state index >= 15 is 0 Å². The summed E-state index contributed by atoms with van der Waals surface area (Å²) in [5.74, 6) is -0.971. The molecule has 2 aromatic carbocycles. The molecule has 196 valence electrons. The molecule has 0 aromatic heterocycles. The number of anilines is 1. The van der Waals surface area contributed by atoms with Gasteiger partial charge in [-0.1, -0.05) is 42.8 Å². The van der Waals surface area contributed by atoms with Gasteiger partial charge in [0.15, 0.2) is 0 Å². The lowest BCUT2D eigenvalue weighted by Crippen LogP contribution is -2.52. The lowest BCUT2D eigenvalue weighted by Gasteiger charge is -2.32. The van der Waals surface area contributed by atoms with Crippen molar-refractivity contribution in [3.8, 4) is 0 Å². The molecule has 0 bridgehead atoms. The number of carbonyl (C=O) groups is 2. The van der Waals surface area contributed by atoms with E-state index in [0.717, 1.165) is 27.8 Å². The Labute approximate surface area is 212 Å². The van der Waals surface area contributed by atoms with Crippen LogP contribution in [0.25, 0.3) is 0 Å². The first kappa shape index (κ1) is 28.8. The van der Waals surface area contributed by atoms with Crippen molar-refractivity contribution in [1.82, 2.24) is 10.2 Å². The van der Waals surface area contributed by atoms with Crippen LogP contribution in [0.5, 0.6) is 0 Å². The van der Waals surface area contributed by atoms with Crippen LogP contribution in [0.4, 0.5) is 11.4 Å². The lowest BCUT2D eigenvalue weighted by atomic mass is 10.1. The zero-order valence-corrected chi connectivity index (χ0v) is 22.3. The summed E-state index contributed by atoms with van der Waals surface area (Å²) in [5, 5.41) is 14.2. The van der Waals surface area contributed by atoms with Gasteiger partial charge >= 0.3 is 0 Å². The summed E-state index contributed by atoms with van der Waals surface area (Å²) in [5.41, 5.74) is 1.99. The largest absolute Gasteiger partial charge is 0.352 e. The smallest absolute Gasteiger partial charge is 0.271 e. The molecule has 0 fully saturated rings. The Morgan fingerprint density at radius 3 is 2.22 bits per heavy atom. The predicted octanol–water partition coefficient (Wildman–Crippen LogP) is 3.31. The fraction of sp³-hybridized carbons (Fsp3) is 0.440. The van der Waals surface area contributed by atoms with Gasteiger partial charge in [-0.3, -0.25) is 24.0 Å². The molecule has 0 heterocycles. The number of non-ortho nitro benzene ring substituents is 1. The molecule has 2 amide bonds. The number of nitrogens with one attached hydrogen (secondary N) is 1. The molecule has 0 saturated heterocycles. The average molecular weight is 519 g/mol. The van der Waals surface area contributed by atoms with Gasteiger partial charge in [0.2, 0.25) is 21.8 Å². The Kier molecular flexibility index (Phi) is 9.57. The van der Waals surface area contributed by atoms with Gasteiger partial charge in [0, 0.05) is 24.7 Å². The fourth-order valence-corrected chi connectivity index (χ4v) is 4.41. The minimum absolute atomic E-state index is 0.0343. The van der Waals surface area contributed by atoms with Crippen molar-refractivity contribution in [1.29, 1.82) is 0 Å². The molecule has 0 radical (unpaired) electrons. The number of nitro groups is 1. The number of benzene rings is 2. The normalized spacial score (nSPS) is 12.9. The highest BCUT2D eigenvalue weighted by Crippen LogP contribution is 2.28. The molecule has 0 saturated carbocycles. The first-order chi connectivity index (χ1) is 16.7. The van der Waals surface area contributed by atoms with Crippen LogP contribution in [0.2, 0.25) is 0 Å². The minimum Gasteiger partial charge on any atom is -0.352 e. The van der Waals surface area contributed by atoms with Crippen LogP contribution in [0, 0.1) is 24.0 Å². The second-order valence-electron chi connectivity index (χ2n) is 9.00. The Morgan fingerprint density at radius 1 is 1.08 bits per heavy atom. The van der Waals surface area contributed by atoms with Crippen molar-refractivity contribution in [2.75, 3.05) is 17.1 Å². The van der Waals surface area contributed by atoms with E-state index in [0.29, 0.717) is 12.0 Å². The van der Waals surface area contributed by atoms with Crippen molar-refractivity contribution < 1.29 is 22.9 Å². The number of hydrogen-bond donors (Lipinski definition) is 1. The summed E-state index contributed by atoms with van der Waals surface area (Å²) >= 11 is 0. The Morgan fingerprint density at radius 2 is 1.69 bits per heavy atom. The number of nitrogens with zero attached hydrogens (tertiary/aromatic N) is 3. The third-order valence-corrected chi connectivity index (χ3v) is 7.12. The van der Waals surface area contributed by atoms with Gasteiger partial charge in [-0.15, -0.1) is 0 Å². The van der Waals surface area contributed by atoms with Gasteiger partial charge in [0.05, 0.1) is 16.9 Å². The van der Waals surface area contributed by atoms with E-state index in [2.05, 4.69) is 5.32 Å². The fourth-order valence-electron chi connectivity index (χ4n) is 3.51. The highest BCUT2D eigenvalue weighted by molar-refractivity contribution is 7.92. The topological polar surface area (TPSA) is 130 Å². The number of rotatable bonds is 11. The lowest BCUT2D eigenvalue weighted by molar-refractivity contribution is -0.384.